The number of carbonyl (C=O) groups is 1. The zero-order valence-electron chi connectivity index (χ0n) is 11.5. The van der Waals surface area contributed by atoms with Crippen LogP contribution in [0.5, 0.6) is 5.75 Å². The molecule has 1 saturated carbocycles. The standard InChI is InChI=1S/C15H21NO2S/c1-15(8-4-3-5-9-15)14(17)16-12-7-6-11(18-2)10-13(12)19/h6-7,10,19H,3-5,8-9H2,1-2H3,(H,16,17). The van der Waals surface area contributed by atoms with Crippen LogP contribution in [0.25, 0.3) is 0 Å². The van der Waals surface area contributed by atoms with Gasteiger partial charge < -0.3 is 10.1 Å². The van der Waals surface area contributed by atoms with E-state index in [9.17, 15) is 4.79 Å². The number of carbonyl (C=O) groups excluding carboxylic acids is 1. The number of thiol groups is 1. The molecule has 1 aliphatic rings. The van der Waals surface area contributed by atoms with Crippen LogP contribution in [0.1, 0.15) is 39.0 Å². The van der Waals surface area contributed by atoms with Gasteiger partial charge >= 0.3 is 0 Å². The minimum Gasteiger partial charge on any atom is -0.497 e. The second-order valence-corrected chi connectivity index (χ2v) is 5.94. The number of methoxy groups -OCH3 is 1. The molecule has 0 aromatic heterocycles. The number of nitrogens with one attached hydrogen (secondary N) is 1. The lowest BCUT2D eigenvalue weighted by Crippen LogP contribution is -2.35. The Labute approximate surface area is 120 Å². The van der Waals surface area contributed by atoms with Crippen molar-refractivity contribution in [2.24, 2.45) is 5.41 Å². The summed E-state index contributed by atoms with van der Waals surface area (Å²) in [6.07, 6.45) is 5.46. The maximum absolute atomic E-state index is 12.4. The maximum Gasteiger partial charge on any atom is 0.230 e. The van der Waals surface area contributed by atoms with Gasteiger partial charge in [0, 0.05) is 10.3 Å². The van der Waals surface area contributed by atoms with E-state index in [1.54, 1.807) is 7.11 Å². The van der Waals surface area contributed by atoms with Crippen LogP contribution in [0.4, 0.5) is 5.69 Å². The van der Waals surface area contributed by atoms with Crippen LogP contribution in [0.15, 0.2) is 23.1 Å². The zero-order valence-corrected chi connectivity index (χ0v) is 12.4. The van der Waals surface area contributed by atoms with Crippen LogP contribution < -0.4 is 10.1 Å². The predicted octanol–water partition coefficient (Wildman–Crippen LogP) is 3.89. The first-order valence-electron chi connectivity index (χ1n) is 6.74. The van der Waals surface area contributed by atoms with Crippen molar-refractivity contribution in [1.82, 2.24) is 0 Å². The average Bonchev–Trinajstić information content (AvgIpc) is 2.41. The SMILES string of the molecule is COc1ccc(NC(=O)C2(C)CCCCC2)c(S)c1. The molecule has 1 aromatic carbocycles. The molecule has 4 heteroatoms. The molecule has 1 amide bonds. The van der Waals surface area contributed by atoms with Crippen LogP contribution in [-0.2, 0) is 4.79 Å². The molecule has 0 aliphatic heterocycles. The number of rotatable bonds is 3. The maximum atomic E-state index is 12.4. The fraction of sp³-hybridized carbons (Fsp3) is 0.533. The highest BCUT2D eigenvalue weighted by Crippen LogP contribution is 2.37. The van der Waals surface area contributed by atoms with Crippen LogP contribution in [0, 0.1) is 5.41 Å². The lowest BCUT2D eigenvalue weighted by atomic mass is 9.75. The Bertz CT molecular complexity index is 467. The Morgan fingerprint density at radius 1 is 1.32 bits per heavy atom. The van der Waals surface area contributed by atoms with E-state index in [1.807, 2.05) is 18.2 Å². The van der Waals surface area contributed by atoms with E-state index < -0.39 is 0 Å². The molecule has 0 bridgehead atoms. The molecule has 3 nitrogen and oxygen atoms in total. The van der Waals surface area contributed by atoms with Gasteiger partial charge in [-0.1, -0.05) is 26.2 Å². The molecule has 0 atom stereocenters. The number of hydrogen-bond acceptors (Lipinski definition) is 3. The van der Waals surface area contributed by atoms with Crippen LogP contribution >= 0.6 is 12.6 Å². The molecular weight excluding hydrogens is 258 g/mol. The van der Waals surface area contributed by atoms with Gasteiger partial charge in [0.2, 0.25) is 5.91 Å². The summed E-state index contributed by atoms with van der Waals surface area (Å²) >= 11 is 4.39. The van der Waals surface area contributed by atoms with Crippen molar-refractivity contribution in [3.05, 3.63) is 18.2 Å². The molecule has 1 aromatic rings. The van der Waals surface area contributed by atoms with Crippen molar-refractivity contribution in [2.75, 3.05) is 12.4 Å². The highest BCUT2D eigenvalue weighted by Gasteiger charge is 2.34. The van der Waals surface area contributed by atoms with Crippen LogP contribution in [-0.4, -0.2) is 13.0 Å². The summed E-state index contributed by atoms with van der Waals surface area (Å²) in [4.78, 5) is 13.1. The number of benzene rings is 1. The Morgan fingerprint density at radius 3 is 2.58 bits per heavy atom. The van der Waals surface area contributed by atoms with E-state index in [0.29, 0.717) is 0 Å². The van der Waals surface area contributed by atoms with Crippen molar-refractivity contribution in [3.8, 4) is 5.75 Å². The molecule has 19 heavy (non-hydrogen) atoms. The second kappa shape index (κ2) is 5.87. The summed E-state index contributed by atoms with van der Waals surface area (Å²) in [6, 6.07) is 5.48. The van der Waals surface area contributed by atoms with E-state index in [0.717, 1.165) is 42.0 Å². The van der Waals surface area contributed by atoms with E-state index in [4.69, 9.17) is 4.74 Å². The molecule has 1 N–H and O–H groups in total. The number of amides is 1. The normalized spacial score (nSPS) is 17.8. The third-order valence-corrected chi connectivity index (χ3v) is 4.33. The quantitative estimate of drug-likeness (QED) is 0.824. The Morgan fingerprint density at radius 2 is 2.00 bits per heavy atom. The summed E-state index contributed by atoms with van der Waals surface area (Å²) in [5, 5.41) is 3.00. The van der Waals surface area contributed by atoms with Crippen LogP contribution in [0.3, 0.4) is 0 Å². The first kappa shape index (κ1) is 14.3. The fourth-order valence-corrected chi connectivity index (χ4v) is 2.83. The molecule has 1 fully saturated rings. The van der Waals surface area contributed by atoms with Gasteiger partial charge in [-0.2, -0.15) is 0 Å². The highest BCUT2D eigenvalue weighted by atomic mass is 32.1. The number of hydrogen-bond donors (Lipinski definition) is 2. The smallest absolute Gasteiger partial charge is 0.230 e. The number of anilines is 1. The second-order valence-electron chi connectivity index (χ2n) is 5.46. The summed E-state index contributed by atoms with van der Waals surface area (Å²) in [5.74, 6) is 0.847. The van der Waals surface area contributed by atoms with E-state index in [1.165, 1.54) is 6.42 Å². The molecule has 0 unspecified atom stereocenters. The van der Waals surface area contributed by atoms with Gasteiger partial charge in [-0.25, -0.2) is 0 Å². The van der Waals surface area contributed by atoms with Gasteiger partial charge in [0.15, 0.2) is 0 Å². The third-order valence-electron chi connectivity index (χ3n) is 3.96. The average molecular weight is 279 g/mol. The van der Waals surface area contributed by atoms with Crippen molar-refractivity contribution in [3.63, 3.8) is 0 Å². The summed E-state index contributed by atoms with van der Waals surface area (Å²) in [7, 11) is 1.61. The first-order valence-corrected chi connectivity index (χ1v) is 7.18. The van der Waals surface area contributed by atoms with Gasteiger partial charge in [-0.15, -0.1) is 12.6 Å². The van der Waals surface area contributed by atoms with Gasteiger partial charge in [0.25, 0.3) is 0 Å². The monoisotopic (exact) mass is 279 g/mol. The minimum absolute atomic E-state index is 0.104. The topological polar surface area (TPSA) is 38.3 Å². The lowest BCUT2D eigenvalue weighted by Gasteiger charge is -2.32. The van der Waals surface area contributed by atoms with Gasteiger partial charge in [-0.3, -0.25) is 4.79 Å². The Hall–Kier alpha value is -1.16. The molecular formula is C15H21NO2S. The summed E-state index contributed by atoms with van der Waals surface area (Å²) < 4.78 is 5.13. The van der Waals surface area contributed by atoms with E-state index in [-0.39, 0.29) is 11.3 Å². The van der Waals surface area contributed by atoms with Crippen molar-refractivity contribution >= 4 is 24.2 Å². The van der Waals surface area contributed by atoms with E-state index >= 15 is 0 Å². The van der Waals surface area contributed by atoms with E-state index in [2.05, 4.69) is 24.9 Å². The van der Waals surface area contributed by atoms with Crippen molar-refractivity contribution in [1.29, 1.82) is 0 Å². The number of ether oxygens (including phenoxy) is 1. The largest absolute Gasteiger partial charge is 0.497 e. The minimum atomic E-state index is -0.238. The molecule has 2 rings (SSSR count). The molecule has 0 heterocycles. The Kier molecular flexibility index (Phi) is 4.40. The molecule has 104 valence electrons. The van der Waals surface area contributed by atoms with Gasteiger partial charge in [0.1, 0.15) is 5.75 Å². The molecule has 0 radical (unpaired) electrons. The van der Waals surface area contributed by atoms with Crippen molar-refractivity contribution in [2.45, 2.75) is 43.9 Å². The fourth-order valence-electron chi connectivity index (χ4n) is 2.58. The Balaban J connectivity index is 2.10. The highest BCUT2D eigenvalue weighted by molar-refractivity contribution is 7.80. The lowest BCUT2D eigenvalue weighted by molar-refractivity contribution is -0.126. The predicted molar refractivity (Wildman–Crippen MR) is 80.1 cm³/mol. The van der Waals surface area contributed by atoms with Gasteiger partial charge in [0.05, 0.1) is 12.8 Å². The van der Waals surface area contributed by atoms with Crippen LogP contribution in [0.2, 0.25) is 0 Å². The third kappa shape index (κ3) is 3.24. The zero-order chi connectivity index (χ0) is 13.9. The summed E-state index contributed by atoms with van der Waals surface area (Å²) in [6.45, 7) is 2.06. The summed E-state index contributed by atoms with van der Waals surface area (Å²) in [5.41, 5.74) is 0.513. The molecule has 1 aliphatic carbocycles. The first-order chi connectivity index (χ1) is 9.05. The van der Waals surface area contributed by atoms with Crippen molar-refractivity contribution < 1.29 is 9.53 Å². The molecule has 0 saturated heterocycles. The molecule has 0 spiro atoms. The van der Waals surface area contributed by atoms with Gasteiger partial charge in [-0.05, 0) is 31.0 Å².